The molecule has 70 valence electrons. The van der Waals surface area contributed by atoms with Crippen molar-refractivity contribution in [3.05, 3.63) is 35.9 Å². The molecule has 1 saturated heterocycles. The van der Waals surface area contributed by atoms with Crippen molar-refractivity contribution in [3.63, 3.8) is 0 Å². The largest absolute Gasteiger partial charge is 0.377 e. The van der Waals surface area contributed by atoms with Gasteiger partial charge < -0.3 is 9.47 Å². The zero-order valence-electron chi connectivity index (χ0n) is 7.61. The molecule has 0 radical (unpaired) electrons. The first-order valence-electron chi connectivity index (χ1n) is 4.68. The number of hydrogen-bond acceptors (Lipinski definition) is 2. The molecule has 0 spiro atoms. The van der Waals surface area contributed by atoms with Gasteiger partial charge in [0.2, 0.25) is 0 Å². The smallest absolute Gasteiger partial charge is 0.0831 e. The van der Waals surface area contributed by atoms with E-state index >= 15 is 0 Å². The summed E-state index contributed by atoms with van der Waals surface area (Å²) in [6, 6.07) is 10.2. The van der Waals surface area contributed by atoms with Crippen LogP contribution in [0.15, 0.2) is 30.3 Å². The predicted molar refractivity (Wildman–Crippen MR) is 50.5 cm³/mol. The minimum absolute atomic E-state index is 0.482. The molecule has 0 amide bonds. The number of ether oxygens (including phenoxy) is 2. The van der Waals surface area contributed by atoms with Crippen molar-refractivity contribution in [1.82, 2.24) is 0 Å². The highest BCUT2D eigenvalue weighted by atomic mass is 16.6. The van der Waals surface area contributed by atoms with Crippen LogP contribution in [0.2, 0.25) is 0 Å². The fourth-order valence-electron chi connectivity index (χ4n) is 1.21. The van der Waals surface area contributed by atoms with E-state index < -0.39 is 0 Å². The molecule has 2 heteroatoms. The maximum atomic E-state index is 5.49. The topological polar surface area (TPSA) is 21.8 Å². The standard InChI is InChI=1S/C11H14O2/c1-2-4-10(5-3-1)8-12-7-6-11-9-13-11/h1-5,11H,6-9H2/t11-/m1/s1. The van der Waals surface area contributed by atoms with Crippen LogP contribution in [0.1, 0.15) is 12.0 Å². The molecule has 1 aliphatic rings. The summed E-state index contributed by atoms with van der Waals surface area (Å²) in [5.41, 5.74) is 1.24. The summed E-state index contributed by atoms with van der Waals surface area (Å²) in [7, 11) is 0. The second-order valence-electron chi connectivity index (χ2n) is 3.28. The van der Waals surface area contributed by atoms with Gasteiger partial charge in [0.1, 0.15) is 0 Å². The van der Waals surface area contributed by atoms with Gasteiger partial charge in [-0.1, -0.05) is 30.3 Å². The molecule has 2 nitrogen and oxygen atoms in total. The highest BCUT2D eigenvalue weighted by molar-refractivity contribution is 5.13. The summed E-state index contributed by atoms with van der Waals surface area (Å²) in [6.45, 7) is 2.45. The van der Waals surface area contributed by atoms with Crippen LogP contribution in [-0.2, 0) is 16.1 Å². The predicted octanol–water partition coefficient (Wildman–Crippen LogP) is 1.99. The highest BCUT2D eigenvalue weighted by Gasteiger charge is 2.21. The van der Waals surface area contributed by atoms with Crippen LogP contribution in [0.3, 0.4) is 0 Å². The van der Waals surface area contributed by atoms with Crippen molar-refractivity contribution >= 4 is 0 Å². The normalized spacial score (nSPS) is 20.2. The Kier molecular flexibility index (Phi) is 2.95. The fraction of sp³-hybridized carbons (Fsp3) is 0.455. The van der Waals surface area contributed by atoms with Crippen molar-refractivity contribution in [2.75, 3.05) is 13.2 Å². The van der Waals surface area contributed by atoms with E-state index in [4.69, 9.17) is 9.47 Å². The van der Waals surface area contributed by atoms with Crippen molar-refractivity contribution < 1.29 is 9.47 Å². The number of benzene rings is 1. The van der Waals surface area contributed by atoms with Crippen LogP contribution < -0.4 is 0 Å². The molecule has 1 aliphatic heterocycles. The van der Waals surface area contributed by atoms with Crippen molar-refractivity contribution in [1.29, 1.82) is 0 Å². The Morgan fingerprint density at radius 2 is 2.08 bits per heavy atom. The van der Waals surface area contributed by atoms with Gasteiger partial charge in [0.15, 0.2) is 0 Å². The summed E-state index contributed by atoms with van der Waals surface area (Å²) < 4.78 is 10.6. The maximum absolute atomic E-state index is 5.49. The van der Waals surface area contributed by atoms with Gasteiger partial charge in [0, 0.05) is 6.61 Å². The van der Waals surface area contributed by atoms with E-state index in [0.29, 0.717) is 12.7 Å². The summed E-state index contributed by atoms with van der Waals surface area (Å²) in [5, 5.41) is 0. The number of rotatable bonds is 5. The highest BCUT2D eigenvalue weighted by Crippen LogP contribution is 2.13. The molecular weight excluding hydrogens is 164 g/mol. The van der Waals surface area contributed by atoms with Crippen LogP contribution in [0.25, 0.3) is 0 Å². The van der Waals surface area contributed by atoms with E-state index in [1.165, 1.54) is 5.56 Å². The third-order valence-electron chi connectivity index (χ3n) is 2.10. The van der Waals surface area contributed by atoms with E-state index in [2.05, 4.69) is 12.1 Å². The van der Waals surface area contributed by atoms with Crippen LogP contribution in [0.4, 0.5) is 0 Å². The molecule has 1 fully saturated rings. The lowest BCUT2D eigenvalue weighted by Gasteiger charge is -2.02. The van der Waals surface area contributed by atoms with Crippen LogP contribution in [0, 0.1) is 0 Å². The molecule has 1 aromatic carbocycles. The van der Waals surface area contributed by atoms with Crippen LogP contribution >= 0.6 is 0 Å². The lowest BCUT2D eigenvalue weighted by Crippen LogP contribution is -1.98. The van der Waals surface area contributed by atoms with E-state index in [-0.39, 0.29) is 0 Å². The Morgan fingerprint density at radius 3 is 2.77 bits per heavy atom. The Balaban J connectivity index is 1.61. The molecule has 2 rings (SSSR count). The van der Waals surface area contributed by atoms with Gasteiger partial charge in [-0.25, -0.2) is 0 Å². The summed E-state index contributed by atoms with van der Waals surface area (Å²) in [4.78, 5) is 0. The Morgan fingerprint density at radius 1 is 1.31 bits per heavy atom. The Labute approximate surface area is 78.5 Å². The van der Waals surface area contributed by atoms with Gasteiger partial charge in [-0.05, 0) is 12.0 Å². The van der Waals surface area contributed by atoms with Crippen LogP contribution in [-0.4, -0.2) is 19.3 Å². The van der Waals surface area contributed by atoms with E-state index in [9.17, 15) is 0 Å². The third-order valence-corrected chi connectivity index (χ3v) is 2.10. The van der Waals surface area contributed by atoms with E-state index in [1.807, 2.05) is 18.2 Å². The zero-order chi connectivity index (χ0) is 8.93. The molecule has 0 N–H and O–H groups in total. The minimum Gasteiger partial charge on any atom is -0.377 e. The summed E-state index contributed by atoms with van der Waals surface area (Å²) in [6.07, 6.45) is 1.52. The van der Waals surface area contributed by atoms with E-state index in [1.54, 1.807) is 0 Å². The van der Waals surface area contributed by atoms with E-state index in [0.717, 1.165) is 19.6 Å². The van der Waals surface area contributed by atoms with Crippen LogP contribution in [0.5, 0.6) is 0 Å². The second-order valence-corrected chi connectivity index (χ2v) is 3.28. The van der Waals surface area contributed by atoms with Gasteiger partial charge in [-0.2, -0.15) is 0 Å². The summed E-state index contributed by atoms with van der Waals surface area (Å²) >= 11 is 0. The molecule has 0 bridgehead atoms. The van der Waals surface area contributed by atoms with Crippen molar-refractivity contribution in [2.24, 2.45) is 0 Å². The first kappa shape index (κ1) is 8.73. The average Bonchev–Trinajstić information content (AvgIpc) is 2.98. The molecule has 1 aromatic rings. The monoisotopic (exact) mass is 178 g/mol. The Bertz CT molecular complexity index is 242. The SMILES string of the molecule is c1ccc(COCC[C@@H]2CO2)cc1. The van der Waals surface area contributed by atoms with Crippen molar-refractivity contribution in [3.8, 4) is 0 Å². The second kappa shape index (κ2) is 4.40. The third kappa shape index (κ3) is 3.17. The first-order chi connectivity index (χ1) is 6.45. The lowest BCUT2D eigenvalue weighted by atomic mass is 10.2. The molecule has 0 saturated carbocycles. The van der Waals surface area contributed by atoms with Gasteiger partial charge >= 0.3 is 0 Å². The fourth-order valence-corrected chi connectivity index (χ4v) is 1.21. The molecule has 1 atom stereocenters. The molecule has 1 heterocycles. The van der Waals surface area contributed by atoms with Gasteiger partial charge in [-0.3, -0.25) is 0 Å². The first-order valence-corrected chi connectivity index (χ1v) is 4.68. The van der Waals surface area contributed by atoms with Gasteiger partial charge in [0.25, 0.3) is 0 Å². The molecule has 13 heavy (non-hydrogen) atoms. The average molecular weight is 178 g/mol. The quantitative estimate of drug-likeness (QED) is 0.508. The Hall–Kier alpha value is -0.860. The minimum atomic E-state index is 0.482. The van der Waals surface area contributed by atoms with Gasteiger partial charge in [-0.15, -0.1) is 0 Å². The summed E-state index contributed by atoms with van der Waals surface area (Å²) in [5.74, 6) is 0. The maximum Gasteiger partial charge on any atom is 0.0831 e. The number of hydrogen-bond donors (Lipinski definition) is 0. The molecular formula is C11H14O2. The van der Waals surface area contributed by atoms with Gasteiger partial charge in [0.05, 0.1) is 19.3 Å². The lowest BCUT2D eigenvalue weighted by molar-refractivity contribution is 0.113. The molecule has 0 aromatic heterocycles. The molecule has 0 aliphatic carbocycles. The molecule has 0 unspecified atom stereocenters. The van der Waals surface area contributed by atoms with Crippen molar-refractivity contribution in [2.45, 2.75) is 19.1 Å². The zero-order valence-corrected chi connectivity index (χ0v) is 7.61. The number of epoxide rings is 1.